The van der Waals surface area contributed by atoms with Crippen molar-refractivity contribution in [1.82, 2.24) is 4.98 Å². The summed E-state index contributed by atoms with van der Waals surface area (Å²) in [7, 11) is 0. The monoisotopic (exact) mass is 938 g/mol. The Labute approximate surface area is 348 Å². The number of phenols is 1. The molecule has 6 heteroatoms. The predicted octanol–water partition coefficient (Wildman–Crippen LogP) is 14.2. The van der Waals surface area contributed by atoms with Crippen molar-refractivity contribution in [2.75, 3.05) is 0 Å². The third-order valence-corrected chi connectivity index (χ3v) is 11.8. The molecule has 0 unspecified atom stereocenters. The van der Waals surface area contributed by atoms with E-state index in [9.17, 15) is 5.11 Å². The molecule has 0 saturated heterocycles. The van der Waals surface area contributed by atoms with Gasteiger partial charge in [0.25, 0.3) is 0 Å². The summed E-state index contributed by atoms with van der Waals surface area (Å²) < 4.78 is 6.73. The van der Waals surface area contributed by atoms with E-state index in [0.29, 0.717) is 21.5 Å². The van der Waals surface area contributed by atoms with Crippen LogP contribution in [0.3, 0.4) is 0 Å². The Morgan fingerprint density at radius 3 is 1.36 bits per heavy atom. The van der Waals surface area contributed by atoms with E-state index in [0.717, 1.165) is 67.0 Å². The summed E-state index contributed by atoms with van der Waals surface area (Å²) in [5.41, 5.74) is 13.0. The van der Waals surface area contributed by atoms with Crippen LogP contribution in [0.15, 0.2) is 185 Å². The maximum atomic E-state index is 11.8. The van der Waals surface area contributed by atoms with Gasteiger partial charge in [-0.2, -0.15) is 11.4 Å². The van der Waals surface area contributed by atoms with E-state index in [-0.39, 0.29) is 0 Å². The van der Waals surface area contributed by atoms with Crippen LogP contribution >= 0.6 is 23.2 Å². The van der Waals surface area contributed by atoms with Crippen LogP contribution in [-0.4, -0.2) is 9.51 Å². The van der Waals surface area contributed by atoms with Gasteiger partial charge in [-0.15, -0.1) is 0 Å². The van der Waals surface area contributed by atoms with Crippen molar-refractivity contribution in [3.05, 3.63) is 221 Å². The molecule has 1 N–H and O–H groups in total. The van der Waals surface area contributed by atoms with E-state index in [1.54, 1.807) is 12.1 Å². The standard InChI is InChI=1S/C30H22O.C8H7.C6H3Cl2N.C6H8N.W/c31-30-28(24-17-9-3-10-18-24)26(22-13-5-1-6-14-22)21-27(23-15-7-2-8-16-23)29(30)25-19-11-4-12-20-25;1-7-5-3-4-6-8(7)2;7-4-2-1-3-5(8)6(4)9;1-5-3-4-6(2)7-5;/h1-21,31H;1,3-6H,2H2;1-3H;3-4H,1-2H3;/q;-1;;-1;. The number of nitrogens with zero attached hydrogens (tertiary/aromatic N) is 2. The molecule has 8 rings (SSSR count). The van der Waals surface area contributed by atoms with Crippen molar-refractivity contribution < 1.29 is 23.0 Å². The molecule has 0 bridgehead atoms. The van der Waals surface area contributed by atoms with E-state index in [1.807, 2.05) is 129 Å². The molecule has 56 heavy (non-hydrogen) atoms. The van der Waals surface area contributed by atoms with E-state index in [4.69, 9.17) is 23.2 Å². The topological polar surface area (TPSA) is 46.7 Å². The van der Waals surface area contributed by atoms with Crippen LogP contribution in [0.4, 0.5) is 5.69 Å². The first-order valence-electron chi connectivity index (χ1n) is 18.0. The Kier molecular flexibility index (Phi) is 14.2. The van der Waals surface area contributed by atoms with Crippen LogP contribution < -0.4 is 4.98 Å². The van der Waals surface area contributed by atoms with Crippen molar-refractivity contribution in [2.45, 2.75) is 13.8 Å². The zero-order chi connectivity index (χ0) is 39.3. The second kappa shape index (κ2) is 19.8. The molecule has 1 aromatic heterocycles. The van der Waals surface area contributed by atoms with Gasteiger partial charge in [-0.05, 0) is 39.4 Å². The van der Waals surface area contributed by atoms with Crippen LogP contribution in [-0.2, 0) is 17.9 Å². The molecule has 0 aliphatic rings. The van der Waals surface area contributed by atoms with Crippen molar-refractivity contribution in [1.29, 1.82) is 0 Å². The van der Waals surface area contributed by atoms with Gasteiger partial charge in [-0.25, -0.2) is 0 Å². The van der Waals surface area contributed by atoms with Gasteiger partial charge in [-0.3, -0.25) is 0 Å². The molecule has 0 saturated carbocycles. The summed E-state index contributed by atoms with van der Waals surface area (Å²) in [6.07, 6.45) is 0. The Hall–Kier alpha value is -5.57. The number of phenolic OH excluding ortho intramolecular Hbond substituents is 1. The van der Waals surface area contributed by atoms with Gasteiger partial charge in [0.05, 0.1) is 0 Å². The molecule has 0 atom stereocenters. The Morgan fingerprint density at radius 1 is 0.536 bits per heavy atom. The second-order valence-electron chi connectivity index (χ2n) is 12.8. The first-order chi connectivity index (χ1) is 27.3. The molecular weight excluding hydrogens is 899 g/mol. The number of hydrogen-bond acceptors (Lipinski definition) is 2. The molecule has 0 aliphatic carbocycles. The van der Waals surface area contributed by atoms with Crippen molar-refractivity contribution in [3.8, 4) is 50.3 Å². The van der Waals surface area contributed by atoms with Crippen LogP contribution in [0, 0.1) is 20.8 Å². The molecule has 1 heterocycles. The summed E-state index contributed by atoms with van der Waals surface area (Å²) in [5.74, 6) is 0.303. The van der Waals surface area contributed by atoms with E-state index in [1.165, 1.54) is 0 Å². The number of hydrogen-bond donors (Lipinski definition) is 1. The molecule has 278 valence electrons. The summed E-state index contributed by atoms with van der Waals surface area (Å²) in [4.78, 5) is 4.11. The fourth-order valence-electron chi connectivity index (χ4n) is 6.11. The van der Waals surface area contributed by atoms with Gasteiger partial charge in [0, 0.05) is 11.1 Å². The molecule has 0 spiro atoms. The Morgan fingerprint density at radius 2 is 0.946 bits per heavy atom. The number of rotatable bonds is 6. The van der Waals surface area contributed by atoms with Gasteiger partial charge >= 0.3 is 125 Å². The third-order valence-electron chi connectivity index (χ3n) is 8.83. The average Bonchev–Trinajstić information content (AvgIpc) is 3.62. The van der Waals surface area contributed by atoms with Crippen LogP contribution in [0.25, 0.3) is 44.5 Å². The van der Waals surface area contributed by atoms with Crippen molar-refractivity contribution in [2.24, 2.45) is 3.50 Å². The minimum atomic E-state index is -1.01. The number of aromatic hydroxyl groups is 1. The molecule has 0 radical (unpaired) electrons. The number of halogens is 2. The van der Waals surface area contributed by atoms with Gasteiger partial charge < -0.3 is 10.1 Å². The third kappa shape index (κ3) is 10.4. The molecule has 0 aliphatic heterocycles. The van der Waals surface area contributed by atoms with Crippen molar-refractivity contribution >= 4 is 33.3 Å². The van der Waals surface area contributed by atoms with Crippen LogP contribution in [0.2, 0.25) is 10.0 Å². The molecule has 7 aromatic carbocycles. The predicted molar refractivity (Wildman–Crippen MR) is 234 cm³/mol. The maximum absolute atomic E-state index is 11.8. The average molecular weight is 940 g/mol. The molecule has 3 nitrogen and oxygen atoms in total. The number of aryl methyl sites for hydroxylation is 2. The fourth-order valence-corrected chi connectivity index (χ4v) is 9.50. The van der Waals surface area contributed by atoms with E-state index in [2.05, 4.69) is 74.4 Å². The summed E-state index contributed by atoms with van der Waals surface area (Å²) >= 11 is 11.1. The first kappa shape index (κ1) is 40.1. The fraction of sp³-hybridized carbons (Fsp3) is 0.0400. The quantitative estimate of drug-likeness (QED) is 0.169. The first-order valence-corrected chi connectivity index (χ1v) is 21.8. The van der Waals surface area contributed by atoms with Crippen molar-refractivity contribution in [3.63, 3.8) is 0 Å². The van der Waals surface area contributed by atoms with Gasteiger partial charge in [-0.1, -0.05) is 147 Å². The zero-order valence-corrected chi connectivity index (χ0v) is 35.6. The summed E-state index contributed by atoms with van der Waals surface area (Å²) in [6.45, 7) is 7.97. The van der Waals surface area contributed by atoms with E-state index >= 15 is 0 Å². The van der Waals surface area contributed by atoms with Crippen LogP contribution in [0.1, 0.15) is 22.5 Å². The summed E-state index contributed by atoms with van der Waals surface area (Å²) in [5, 5.41) is 13.0. The normalized spacial score (nSPS) is 10.3. The Bertz CT molecular complexity index is 2430. The van der Waals surface area contributed by atoms with Gasteiger partial charge in [0.15, 0.2) is 0 Å². The zero-order valence-electron chi connectivity index (χ0n) is 31.1. The number of benzene rings is 7. The summed E-state index contributed by atoms with van der Waals surface area (Å²) in [6, 6.07) is 60.5. The number of aromatic nitrogens is 1. The molecule has 0 fully saturated rings. The van der Waals surface area contributed by atoms with Crippen LogP contribution in [0.5, 0.6) is 5.75 Å². The van der Waals surface area contributed by atoms with Gasteiger partial charge in [0.1, 0.15) is 5.75 Å². The molecular formula is C50H40Cl2N2OW-2. The molecule has 8 aromatic rings. The SMILES string of the molecule is Cc1ccc(C)[n-]1.Oc1c(-c2ccccc2)c(-c2ccccc2)cc(-c2ccccc2)c1-c1ccccc1.[CH2-]c1ccccc1[CH]=[W]=[N]c1c(Cl)cccc1Cl. The molecule has 0 amide bonds. The Balaban J connectivity index is 0.000000178. The second-order valence-corrected chi connectivity index (χ2v) is 15.9. The minimum absolute atomic E-state index is 0.303. The van der Waals surface area contributed by atoms with Gasteiger partial charge in [0.2, 0.25) is 0 Å². The van der Waals surface area contributed by atoms with E-state index < -0.39 is 17.9 Å².